The molecular weight excluding hydrogens is 270 g/mol. The second-order valence-corrected chi connectivity index (χ2v) is 5.38. The highest BCUT2D eigenvalue weighted by atomic mass is 16.6. The summed E-state index contributed by atoms with van der Waals surface area (Å²) in [5, 5.41) is 16.8. The van der Waals surface area contributed by atoms with Gasteiger partial charge in [0.25, 0.3) is 11.6 Å². The van der Waals surface area contributed by atoms with Crippen LogP contribution in [-0.2, 0) is 0 Å². The van der Waals surface area contributed by atoms with Crippen molar-refractivity contribution in [2.24, 2.45) is 5.92 Å². The number of hydrogen-bond donors (Lipinski definition) is 2. The van der Waals surface area contributed by atoms with Crippen LogP contribution in [0.2, 0.25) is 0 Å². The Balaban J connectivity index is 2.05. The molecule has 0 aromatic heterocycles. The fourth-order valence-electron chi connectivity index (χ4n) is 2.72. The summed E-state index contributed by atoms with van der Waals surface area (Å²) in [5.41, 5.74) is 0.828. The normalized spacial score (nSPS) is 14.9. The van der Waals surface area contributed by atoms with Gasteiger partial charge in [-0.15, -0.1) is 0 Å². The second kappa shape index (κ2) is 7.06. The number of nitrogens with zero attached hydrogens (tertiary/aromatic N) is 1. The van der Waals surface area contributed by atoms with E-state index in [-0.39, 0.29) is 11.6 Å². The van der Waals surface area contributed by atoms with Crippen LogP contribution in [0.1, 0.15) is 43.0 Å². The summed E-state index contributed by atoms with van der Waals surface area (Å²) < 4.78 is 0. The number of carbonyl (C=O) groups is 1. The molecule has 114 valence electrons. The van der Waals surface area contributed by atoms with Gasteiger partial charge in [0.15, 0.2) is 0 Å². The van der Waals surface area contributed by atoms with E-state index in [1.54, 1.807) is 6.07 Å². The summed E-state index contributed by atoms with van der Waals surface area (Å²) in [6.45, 7) is 3.11. The first-order chi connectivity index (χ1) is 10.1. The molecule has 0 bridgehead atoms. The van der Waals surface area contributed by atoms with Crippen LogP contribution in [0, 0.1) is 16.0 Å². The molecule has 2 N–H and O–H groups in total. The number of nitro benzene ring substituents is 1. The average Bonchev–Trinajstić information content (AvgIpc) is 2.98. The van der Waals surface area contributed by atoms with Gasteiger partial charge in [-0.05, 0) is 37.8 Å². The van der Waals surface area contributed by atoms with Crippen molar-refractivity contribution in [3.63, 3.8) is 0 Å². The maximum absolute atomic E-state index is 12.1. The highest BCUT2D eigenvalue weighted by Crippen LogP contribution is 2.26. The number of carbonyl (C=O) groups excluding carboxylic acids is 1. The Kier molecular flexibility index (Phi) is 5.14. The van der Waals surface area contributed by atoms with Crippen LogP contribution in [0.15, 0.2) is 18.2 Å². The minimum atomic E-state index is -0.446. The van der Waals surface area contributed by atoms with Crippen molar-refractivity contribution >= 4 is 17.3 Å². The van der Waals surface area contributed by atoms with E-state index in [4.69, 9.17) is 0 Å². The lowest BCUT2D eigenvalue weighted by Gasteiger charge is -2.11. The first-order valence-electron chi connectivity index (χ1n) is 7.42. The van der Waals surface area contributed by atoms with E-state index in [1.165, 1.54) is 37.8 Å². The fourth-order valence-corrected chi connectivity index (χ4v) is 2.72. The van der Waals surface area contributed by atoms with Crippen LogP contribution in [0.3, 0.4) is 0 Å². The predicted octanol–water partition coefficient (Wildman–Crippen LogP) is 2.95. The topological polar surface area (TPSA) is 84.3 Å². The average molecular weight is 291 g/mol. The Morgan fingerprint density at radius 1 is 1.38 bits per heavy atom. The maximum atomic E-state index is 12.1. The van der Waals surface area contributed by atoms with Crippen molar-refractivity contribution < 1.29 is 9.72 Å². The van der Waals surface area contributed by atoms with Crippen LogP contribution in [0.25, 0.3) is 0 Å². The van der Waals surface area contributed by atoms with Gasteiger partial charge in [-0.25, -0.2) is 0 Å². The van der Waals surface area contributed by atoms with Crippen LogP contribution in [-0.4, -0.2) is 23.9 Å². The lowest BCUT2D eigenvalue weighted by atomic mass is 10.1. The highest BCUT2D eigenvalue weighted by molar-refractivity contribution is 5.95. The quantitative estimate of drug-likeness (QED) is 0.623. The Hall–Kier alpha value is -2.11. The predicted molar refractivity (Wildman–Crippen MR) is 81.6 cm³/mol. The number of benzene rings is 1. The number of nitro groups is 1. The molecule has 1 aliphatic carbocycles. The first kappa shape index (κ1) is 15.3. The number of nitrogens with one attached hydrogen (secondary N) is 2. The van der Waals surface area contributed by atoms with Crippen molar-refractivity contribution in [3.8, 4) is 0 Å². The summed E-state index contributed by atoms with van der Waals surface area (Å²) in [6.07, 6.45) is 4.82. The van der Waals surface area contributed by atoms with Crippen molar-refractivity contribution in [2.75, 3.05) is 18.4 Å². The van der Waals surface area contributed by atoms with Crippen LogP contribution in [0.4, 0.5) is 11.4 Å². The van der Waals surface area contributed by atoms with Crippen molar-refractivity contribution in [1.29, 1.82) is 0 Å². The van der Waals surface area contributed by atoms with Crippen LogP contribution in [0.5, 0.6) is 0 Å². The molecule has 1 aromatic rings. The Labute approximate surface area is 124 Å². The molecule has 1 amide bonds. The Morgan fingerprint density at radius 2 is 2.10 bits per heavy atom. The Morgan fingerprint density at radius 3 is 2.71 bits per heavy atom. The summed E-state index contributed by atoms with van der Waals surface area (Å²) in [7, 11) is 0. The zero-order valence-corrected chi connectivity index (χ0v) is 12.2. The van der Waals surface area contributed by atoms with Gasteiger partial charge in [0.2, 0.25) is 0 Å². The lowest BCUT2D eigenvalue weighted by molar-refractivity contribution is -0.384. The van der Waals surface area contributed by atoms with Gasteiger partial charge in [0.05, 0.1) is 4.92 Å². The second-order valence-electron chi connectivity index (χ2n) is 5.38. The van der Waals surface area contributed by atoms with Gasteiger partial charge in [-0.1, -0.05) is 12.8 Å². The molecule has 0 heterocycles. The number of rotatable bonds is 6. The first-order valence-corrected chi connectivity index (χ1v) is 7.42. The van der Waals surface area contributed by atoms with Crippen molar-refractivity contribution in [3.05, 3.63) is 33.9 Å². The third kappa shape index (κ3) is 3.93. The lowest BCUT2D eigenvalue weighted by Crippen LogP contribution is -2.28. The summed E-state index contributed by atoms with van der Waals surface area (Å²) in [5.74, 6) is 0.399. The SMILES string of the molecule is CCNc1cc(C(=O)NCC2CCCC2)ccc1[N+](=O)[O-]. The minimum absolute atomic E-state index is 0.0100. The number of anilines is 1. The molecule has 21 heavy (non-hydrogen) atoms. The van der Waals surface area contributed by atoms with Crippen molar-refractivity contribution in [2.45, 2.75) is 32.6 Å². The molecule has 2 rings (SSSR count). The molecule has 0 radical (unpaired) electrons. The van der Waals surface area contributed by atoms with Crippen molar-refractivity contribution in [1.82, 2.24) is 5.32 Å². The van der Waals surface area contributed by atoms with E-state index in [1.807, 2.05) is 6.92 Å². The maximum Gasteiger partial charge on any atom is 0.292 e. The monoisotopic (exact) mass is 291 g/mol. The molecule has 1 fully saturated rings. The largest absolute Gasteiger partial charge is 0.380 e. The van der Waals surface area contributed by atoms with Gasteiger partial charge in [0.1, 0.15) is 5.69 Å². The molecule has 6 heteroatoms. The molecule has 0 saturated heterocycles. The zero-order chi connectivity index (χ0) is 15.2. The van der Waals surface area contributed by atoms with Gasteiger partial charge >= 0.3 is 0 Å². The smallest absolute Gasteiger partial charge is 0.292 e. The molecule has 0 atom stereocenters. The third-order valence-electron chi connectivity index (χ3n) is 3.85. The summed E-state index contributed by atoms with van der Waals surface area (Å²) in [6, 6.07) is 4.43. The van der Waals surface area contributed by atoms with E-state index in [0.717, 1.165) is 0 Å². The minimum Gasteiger partial charge on any atom is -0.380 e. The Bertz CT molecular complexity index is 525. The molecule has 1 aliphatic rings. The third-order valence-corrected chi connectivity index (χ3v) is 3.85. The van der Waals surface area contributed by atoms with E-state index in [2.05, 4.69) is 10.6 Å². The van der Waals surface area contributed by atoms with Gasteiger partial charge in [0, 0.05) is 24.7 Å². The number of amides is 1. The van der Waals surface area contributed by atoms with Crippen LogP contribution < -0.4 is 10.6 Å². The molecule has 0 spiro atoms. The van der Waals surface area contributed by atoms with Gasteiger partial charge < -0.3 is 10.6 Å². The molecule has 1 saturated carbocycles. The molecule has 0 unspecified atom stereocenters. The van der Waals surface area contributed by atoms with Crippen LogP contribution >= 0.6 is 0 Å². The molecular formula is C15H21N3O3. The fraction of sp³-hybridized carbons (Fsp3) is 0.533. The van der Waals surface area contributed by atoms with Gasteiger partial charge in [-0.3, -0.25) is 14.9 Å². The van der Waals surface area contributed by atoms with E-state index < -0.39 is 4.92 Å². The van der Waals surface area contributed by atoms with Gasteiger partial charge in [-0.2, -0.15) is 0 Å². The zero-order valence-electron chi connectivity index (χ0n) is 12.2. The van der Waals surface area contributed by atoms with E-state index >= 15 is 0 Å². The van der Waals surface area contributed by atoms with E-state index in [0.29, 0.717) is 30.3 Å². The standard InChI is InChI=1S/C15H21N3O3/c1-2-16-13-9-12(7-8-14(13)18(20)21)15(19)17-10-11-5-3-4-6-11/h7-9,11,16H,2-6,10H2,1H3,(H,17,19). The molecule has 1 aromatic carbocycles. The molecule has 0 aliphatic heterocycles. The molecule has 6 nitrogen and oxygen atoms in total. The summed E-state index contributed by atoms with van der Waals surface area (Å²) in [4.78, 5) is 22.6. The highest BCUT2D eigenvalue weighted by Gasteiger charge is 2.18. The number of hydrogen-bond acceptors (Lipinski definition) is 4. The summed E-state index contributed by atoms with van der Waals surface area (Å²) >= 11 is 0. The van der Waals surface area contributed by atoms with E-state index in [9.17, 15) is 14.9 Å².